The maximum Gasteiger partial charge on any atom is 0.325 e. The quantitative estimate of drug-likeness (QED) is 0.753. The van der Waals surface area contributed by atoms with E-state index in [0.717, 1.165) is 28.2 Å². The van der Waals surface area contributed by atoms with Gasteiger partial charge in [-0.15, -0.1) is 0 Å². The molecule has 5 aliphatic rings. The predicted molar refractivity (Wildman–Crippen MR) is 108 cm³/mol. The average molecular weight is 396 g/mol. The van der Waals surface area contributed by atoms with Gasteiger partial charge in [0.25, 0.3) is 5.91 Å². The van der Waals surface area contributed by atoms with Gasteiger partial charge in [-0.1, -0.05) is 30.3 Å². The summed E-state index contributed by atoms with van der Waals surface area (Å²) in [6.07, 6.45) is 7.76. The number of rotatable bonds is 5. The van der Waals surface area contributed by atoms with Crippen molar-refractivity contribution in [2.24, 2.45) is 23.2 Å². The molecule has 1 aliphatic heterocycles. The first-order valence-electron chi connectivity index (χ1n) is 10.8. The van der Waals surface area contributed by atoms with Crippen LogP contribution in [-0.4, -0.2) is 35.8 Å². The summed E-state index contributed by atoms with van der Waals surface area (Å²) < 4.78 is 0. The number of nitrogens with one attached hydrogen (secondary N) is 2. The molecule has 1 heterocycles. The third-order valence-electron chi connectivity index (χ3n) is 7.75. The van der Waals surface area contributed by atoms with Crippen LogP contribution in [0.25, 0.3) is 0 Å². The van der Waals surface area contributed by atoms with Crippen LogP contribution < -0.4 is 10.6 Å². The maximum atomic E-state index is 13.0. The number of benzene rings is 1. The molecule has 154 valence electrons. The van der Waals surface area contributed by atoms with Gasteiger partial charge in [-0.25, -0.2) is 4.79 Å². The van der Waals surface area contributed by atoms with Crippen molar-refractivity contribution in [1.82, 2.24) is 15.5 Å². The van der Waals surface area contributed by atoms with Crippen LogP contribution in [-0.2, 0) is 15.1 Å². The molecule has 4 aliphatic carbocycles. The van der Waals surface area contributed by atoms with E-state index >= 15 is 0 Å². The third kappa shape index (κ3) is 3.13. The molecule has 5 fully saturated rings. The lowest BCUT2D eigenvalue weighted by molar-refractivity contribution is -0.135. The van der Waals surface area contributed by atoms with E-state index in [1.165, 1.54) is 38.5 Å². The van der Waals surface area contributed by atoms with Gasteiger partial charge < -0.3 is 10.6 Å². The van der Waals surface area contributed by atoms with Gasteiger partial charge >= 0.3 is 6.03 Å². The molecule has 2 N–H and O–H groups in total. The highest BCUT2D eigenvalue weighted by molar-refractivity contribution is 6.09. The number of carbonyl (C=O) groups excluding carboxylic acids is 3. The van der Waals surface area contributed by atoms with Gasteiger partial charge in [0.1, 0.15) is 12.1 Å². The number of carbonyl (C=O) groups is 3. The van der Waals surface area contributed by atoms with E-state index in [1.54, 1.807) is 6.92 Å². The van der Waals surface area contributed by atoms with Crippen LogP contribution in [0.4, 0.5) is 4.79 Å². The molecule has 1 aromatic carbocycles. The first kappa shape index (κ1) is 18.6. The van der Waals surface area contributed by atoms with Crippen molar-refractivity contribution in [3.63, 3.8) is 0 Å². The zero-order valence-corrected chi connectivity index (χ0v) is 16.9. The molecular formula is C23H29N3O3. The lowest BCUT2D eigenvalue weighted by Crippen LogP contribution is -2.52. The number of hydrogen-bond donors (Lipinski definition) is 2. The van der Waals surface area contributed by atoms with E-state index < -0.39 is 11.6 Å². The minimum absolute atomic E-state index is 0.223. The highest BCUT2D eigenvalue weighted by Crippen LogP contribution is 2.59. The molecule has 0 spiro atoms. The van der Waals surface area contributed by atoms with Crippen LogP contribution in [0.1, 0.15) is 51.0 Å². The Bertz CT molecular complexity index is 817. The van der Waals surface area contributed by atoms with Crippen molar-refractivity contribution in [1.29, 1.82) is 0 Å². The molecule has 1 saturated heterocycles. The molecule has 4 amide bonds. The number of amides is 4. The molecule has 6 nitrogen and oxygen atoms in total. The molecule has 6 heteroatoms. The van der Waals surface area contributed by atoms with Crippen LogP contribution in [0.5, 0.6) is 0 Å². The molecule has 29 heavy (non-hydrogen) atoms. The van der Waals surface area contributed by atoms with Gasteiger partial charge in [-0.05, 0) is 74.2 Å². The lowest BCUT2D eigenvalue weighted by Gasteiger charge is -2.56. The maximum absolute atomic E-state index is 13.0. The second-order valence-corrected chi connectivity index (χ2v) is 10.0. The summed E-state index contributed by atoms with van der Waals surface area (Å²) in [7, 11) is 0. The molecule has 0 aromatic heterocycles. The van der Waals surface area contributed by atoms with E-state index in [2.05, 4.69) is 10.6 Å². The highest BCUT2D eigenvalue weighted by atomic mass is 16.2. The van der Waals surface area contributed by atoms with E-state index in [9.17, 15) is 14.4 Å². The topological polar surface area (TPSA) is 78.5 Å². The van der Waals surface area contributed by atoms with Crippen molar-refractivity contribution >= 4 is 17.8 Å². The van der Waals surface area contributed by atoms with E-state index in [0.29, 0.717) is 6.54 Å². The SMILES string of the molecule is C[C@@]1(c2ccccc2)NC(=O)N(CC(=O)NCC23CC4CC(CC(C4)C2)C3)C1=O. The first-order valence-corrected chi connectivity index (χ1v) is 10.8. The standard InChI is InChI=1S/C23H29N3O3/c1-22(18-5-3-2-4-6-18)20(28)26(21(29)25-22)13-19(27)24-14-23-10-15-7-16(11-23)9-17(8-15)12-23/h2-6,15-17H,7-14H2,1H3,(H,24,27)(H,25,29)/t15?,16?,17?,22-,23?/m0/s1. The molecule has 0 unspecified atom stereocenters. The van der Waals surface area contributed by atoms with Gasteiger partial charge in [0, 0.05) is 6.54 Å². The summed E-state index contributed by atoms with van der Waals surface area (Å²) in [4.78, 5) is 39.1. The highest BCUT2D eigenvalue weighted by Gasteiger charge is 2.52. The van der Waals surface area contributed by atoms with Gasteiger partial charge in [0.05, 0.1) is 0 Å². The van der Waals surface area contributed by atoms with Crippen molar-refractivity contribution in [2.45, 2.75) is 51.0 Å². The van der Waals surface area contributed by atoms with Gasteiger partial charge in [-0.3, -0.25) is 14.5 Å². The van der Waals surface area contributed by atoms with Gasteiger partial charge in [0.15, 0.2) is 0 Å². The molecule has 4 saturated carbocycles. The zero-order valence-electron chi connectivity index (χ0n) is 16.9. The normalized spacial score (nSPS) is 37.7. The number of imide groups is 1. The Morgan fingerprint density at radius 3 is 2.24 bits per heavy atom. The number of hydrogen-bond acceptors (Lipinski definition) is 3. The second kappa shape index (κ2) is 6.57. The van der Waals surface area contributed by atoms with Crippen LogP contribution in [0, 0.1) is 23.2 Å². The fourth-order valence-corrected chi connectivity index (χ4v) is 6.80. The lowest BCUT2D eigenvalue weighted by atomic mass is 9.49. The molecule has 4 bridgehead atoms. The Morgan fingerprint density at radius 1 is 1.07 bits per heavy atom. The molecule has 1 aromatic rings. The summed E-state index contributed by atoms with van der Waals surface area (Å²) >= 11 is 0. The first-order chi connectivity index (χ1) is 13.9. The average Bonchev–Trinajstić information content (AvgIpc) is 2.90. The van der Waals surface area contributed by atoms with Crippen LogP contribution in [0.2, 0.25) is 0 Å². The Morgan fingerprint density at radius 2 is 1.66 bits per heavy atom. The van der Waals surface area contributed by atoms with E-state index in [1.807, 2.05) is 30.3 Å². The van der Waals surface area contributed by atoms with E-state index in [-0.39, 0.29) is 23.8 Å². The van der Waals surface area contributed by atoms with Crippen molar-refractivity contribution in [3.8, 4) is 0 Å². The smallest absolute Gasteiger partial charge is 0.325 e. The van der Waals surface area contributed by atoms with Crippen molar-refractivity contribution < 1.29 is 14.4 Å². The summed E-state index contributed by atoms with van der Waals surface area (Å²) in [5.41, 5.74) is -0.173. The number of urea groups is 1. The minimum atomic E-state index is -1.13. The molecule has 0 radical (unpaired) electrons. The monoisotopic (exact) mass is 395 g/mol. The number of nitrogens with zero attached hydrogens (tertiary/aromatic N) is 1. The predicted octanol–water partition coefficient (Wildman–Crippen LogP) is 2.79. The summed E-state index contributed by atoms with van der Waals surface area (Å²) in [5.74, 6) is 1.86. The molecular weight excluding hydrogens is 366 g/mol. The summed E-state index contributed by atoms with van der Waals surface area (Å²) in [6.45, 7) is 2.14. The fourth-order valence-electron chi connectivity index (χ4n) is 6.80. The minimum Gasteiger partial charge on any atom is -0.354 e. The fraction of sp³-hybridized carbons (Fsp3) is 0.609. The Kier molecular flexibility index (Phi) is 4.23. The van der Waals surface area contributed by atoms with Crippen molar-refractivity contribution in [2.75, 3.05) is 13.1 Å². The summed E-state index contributed by atoms with van der Waals surface area (Å²) in [5, 5.41) is 5.82. The van der Waals surface area contributed by atoms with Crippen LogP contribution in [0.3, 0.4) is 0 Å². The Labute approximate surface area is 171 Å². The second-order valence-electron chi connectivity index (χ2n) is 10.0. The van der Waals surface area contributed by atoms with Gasteiger partial charge in [0.2, 0.25) is 5.91 Å². The third-order valence-corrected chi connectivity index (χ3v) is 7.75. The molecule has 1 atom stereocenters. The van der Waals surface area contributed by atoms with Crippen molar-refractivity contribution in [3.05, 3.63) is 35.9 Å². The Hall–Kier alpha value is -2.37. The largest absolute Gasteiger partial charge is 0.354 e. The van der Waals surface area contributed by atoms with Crippen LogP contribution >= 0.6 is 0 Å². The van der Waals surface area contributed by atoms with Crippen LogP contribution in [0.15, 0.2) is 30.3 Å². The van der Waals surface area contributed by atoms with Gasteiger partial charge in [-0.2, -0.15) is 0 Å². The zero-order chi connectivity index (χ0) is 20.2. The molecule has 6 rings (SSSR count). The summed E-state index contributed by atoms with van der Waals surface area (Å²) in [6, 6.07) is 8.65. The van der Waals surface area contributed by atoms with E-state index in [4.69, 9.17) is 0 Å². The Balaban J connectivity index is 1.22.